The van der Waals surface area contributed by atoms with Crippen LogP contribution in [0.5, 0.6) is 11.5 Å². The summed E-state index contributed by atoms with van der Waals surface area (Å²) < 4.78 is 32.2. The molecule has 9 nitrogen and oxygen atoms in total. The summed E-state index contributed by atoms with van der Waals surface area (Å²) in [5.74, 6) is 0.294. The van der Waals surface area contributed by atoms with Gasteiger partial charge in [-0.2, -0.15) is 0 Å². The SMILES string of the molecule is COC(=O)c1ccc(OC(=O)Nc2ccc(OP(=O)(N3CC3)N3CC3)cc2)cc1. The van der Waals surface area contributed by atoms with Gasteiger partial charge in [0.25, 0.3) is 0 Å². The topological polar surface area (TPSA) is 97.0 Å². The Kier molecular flexibility index (Phi) is 5.27. The van der Waals surface area contributed by atoms with Gasteiger partial charge in [0.05, 0.1) is 12.7 Å². The summed E-state index contributed by atoms with van der Waals surface area (Å²) >= 11 is 0. The number of esters is 1. The number of ether oxygens (including phenoxy) is 2. The number of nitrogens with one attached hydrogen (secondary N) is 1. The Labute approximate surface area is 167 Å². The Hall–Kier alpha value is -2.87. The molecule has 0 aromatic heterocycles. The molecule has 2 saturated heterocycles. The van der Waals surface area contributed by atoms with Crippen LogP contribution in [0.25, 0.3) is 0 Å². The fourth-order valence-corrected chi connectivity index (χ4v) is 4.83. The number of nitrogens with zero attached hydrogens (tertiary/aromatic N) is 2. The maximum absolute atomic E-state index is 13.0. The van der Waals surface area contributed by atoms with E-state index in [9.17, 15) is 14.2 Å². The lowest BCUT2D eigenvalue weighted by Crippen LogP contribution is -2.16. The predicted molar refractivity (Wildman–Crippen MR) is 105 cm³/mol. The van der Waals surface area contributed by atoms with E-state index in [4.69, 9.17) is 9.26 Å². The highest BCUT2D eigenvalue weighted by atomic mass is 31.2. The number of hydrogen-bond acceptors (Lipinski definition) is 6. The van der Waals surface area contributed by atoms with E-state index in [0.717, 1.165) is 26.2 Å². The van der Waals surface area contributed by atoms with Gasteiger partial charge in [-0.05, 0) is 48.5 Å². The summed E-state index contributed by atoms with van der Waals surface area (Å²) in [6.07, 6.45) is -0.677. The first kappa shape index (κ1) is 19.4. The first-order chi connectivity index (χ1) is 14.0. The van der Waals surface area contributed by atoms with Crippen LogP contribution in [0.2, 0.25) is 0 Å². The molecule has 0 spiro atoms. The molecule has 10 heteroatoms. The van der Waals surface area contributed by atoms with Crippen molar-refractivity contribution in [1.29, 1.82) is 0 Å². The standard InChI is InChI=1S/C19H20N3O6P/c1-26-18(23)14-2-6-16(7-3-14)27-19(24)20-15-4-8-17(9-5-15)28-29(25,21-10-11-21)22-12-13-22/h2-9H,10-13H2,1H3,(H,20,24). The number of amides is 1. The van der Waals surface area contributed by atoms with Crippen LogP contribution >= 0.6 is 7.67 Å². The van der Waals surface area contributed by atoms with Crippen LogP contribution in [-0.2, 0) is 9.30 Å². The van der Waals surface area contributed by atoms with Crippen LogP contribution in [0.4, 0.5) is 10.5 Å². The first-order valence-electron chi connectivity index (χ1n) is 9.06. The molecule has 2 heterocycles. The monoisotopic (exact) mass is 417 g/mol. The molecule has 0 bridgehead atoms. The third-order valence-electron chi connectivity index (χ3n) is 4.37. The van der Waals surface area contributed by atoms with Crippen molar-refractivity contribution in [3.8, 4) is 11.5 Å². The van der Waals surface area contributed by atoms with Crippen LogP contribution in [0.15, 0.2) is 48.5 Å². The minimum atomic E-state index is -2.94. The van der Waals surface area contributed by atoms with E-state index in [1.54, 1.807) is 24.3 Å². The number of rotatable bonds is 7. The summed E-state index contributed by atoms with van der Waals surface area (Å²) in [4.78, 5) is 23.5. The van der Waals surface area contributed by atoms with E-state index in [2.05, 4.69) is 10.1 Å². The number of anilines is 1. The van der Waals surface area contributed by atoms with Crippen LogP contribution in [0.3, 0.4) is 0 Å². The van der Waals surface area contributed by atoms with Crippen LogP contribution in [0.1, 0.15) is 10.4 Å². The zero-order valence-electron chi connectivity index (χ0n) is 15.7. The van der Waals surface area contributed by atoms with Crippen molar-refractivity contribution in [2.24, 2.45) is 0 Å². The van der Waals surface area contributed by atoms with Gasteiger partial charge < -0.3 is 14.0 Å². The lowest BCUT2D eigenvalue weighted by molar-refractivity contribution is 0.0600. The molecule has 1 amide bonds. The van der Waals surface area contributed by atoms with E-state index in [-0.39, 0.29) is 5.75 Å². The highest BCUT2D eigenvalue weighted by Gasteiger charge is 2.50. The summed E-state index contributed by atoms with van der Waals surface area (Å²) in [5, 5.41) is 2.60. The Bertz CT molecular complexity index is 939. The van der Waals surface area contributed by atoms with E-state index < -0.39 is 19.7 Å². The molecule has 0 aliphatic carbocycles. The molecule has 4 rings (SSSR count). The summed E-state index contributed by atoms with van der Waals surface area (Å²) in [5.41, 5.74) is 0.861. The summed E-state index contributed by atoms with van der Waals surface area (Å²) in [6, 6.07) is 12.6. The normalized spacial score (nSPS) is 16.0. The zero-order chi connectivity index (χ0) is 20.4. The van der Waals surface area contributed by atoms with Crippen molar-refractivity contribution in [3.05, 3.63) is 54.1 Å². The largest absolute Gasteiger partial charge is 0.465 e. The summed E-state index contributed by atoms with van der Waals surface area (Å²) in [6.45, 7) is 3.11. The molecule has 2 aromatic carbocycles. The van der Waals surface area contributed by atoms with Gasteiger partial charge in [0.1, 0.15) is 11.5 Å². The smallest absolute Gasteiger partial charge is 0.417 e. The predicted octanol–water partition coefficient (Wildman–Crippen LogP) is 3.20. The molecular weight excluding hydrogens is 397 g/mol. The quantitative estimate of drug-likeness (QED) is 0.417. The molecule has 2 aliphatic heterocycles. The van der Waals surface area contributed by atoms with E-state index in [1.165, 1.54) is 31.4 Å². The molecule has 0 saturated carbocycles. The van der Waals surface area contributed by atoms with E-state index in [1.807, 2.05) is 9.34 Å². The van der Waals surface area contributed by atoms with Gasteiger partial charge in [-0.3, -0.25) is 5.32 Å². The molecule has 0 radical (unpaired) electrons. The maximum Gasteiger partial charge on any atom is 0.417 e. The van der Waals surface area contributed by atoms with Crippen molar-refractivity contribution >= 4 is 25.4 Å². The highest BCUT2D eigenvalue weighted by molar-refractivity contribution is 7.55. The molecule has 2 aliphatic rings. The van der Waals surface area contributed by atoms with Crippen molar-refractivity contribution < 1.29 is 28.2 Å². The van der Waals surface area contributed by atoms with Crippen LogP contribution in [0, 0.1) is 0 Å². The second kappa shape index (κ2) is 7.87. The van der Waals surface area contributed by atoms with Crippen LogP contribution in [-0.4, -0.2) is 54.7 Å². The molecule has 2 fully saturated rings. The van der Waals surface area contributed by atoms with E-state index in [0.29, 0.717) is 17.0 Å². The minimum absolute atomic E-state index is 0.285. The average Bonchev–Trinajstić information content (AvgIpc) is 3.61. The number of carbonyl (C=O) groups is 2. The van der Waals surface area contributed by atoms with Gasteiger partial charge in [0, 0.05) is 31.9 Å². The van der Waals surface area contributed by atoms with Gasteiger partial charge in [-0.1, -0.05) is 0 Å². The van der Waals surface area contributed by atoms with E-state index >= 15 is 0 Å². The Balaban J connectivity index is 1.33. The maximum atomic E-state index is 13.0. The Morgan fingerprint density at radius 1 is 0.897 bits per heavy atom. The van der Waals surface area contributed by atoms with Gasteiger partial charge in [0.2, 0.25) is 0 Å². The molecule has 2 aromatic rings. The van der Waals surface area contributed by atoms with Gasteiger partial charge >= 0.3 is 19.7 Å². The molecule has 1 N–H and O–H groups in total. The molecular formula is C19H20N3O6P. The number of hydrogen-bond donors (Lipinski definition) is 1. The van der Waals surface area contributed by atoms with Crippen molar-refractivity contribution in [3.63, 3.8) is 0 Å². The average molecular weight is 417 g/mol. The minimum Gasteiger partial charge on any atom is -0.465 e. The first-order valence-corrected chi connectivity index (χ1v) is 10.6. The number of carbonyl (C=O) groups excluding carboxylic acids is 2. The molecule has 0 unspecified atom stereocenters. The fourth-order valence-electron chi connectivity index (χ4n) is 2.65. The van der Waals surface area contributed by atoms with Crippen molar-refractivity contribution in [2.75, 3.05) is 38.6 Å². The second-order valence-corrected chi connectivity index (χ2v) is 8.84. The Morgan fingerprint density at radius 3 is 1.97 bits per heavy atom. The molecule has 29 heavy (non-hydrogen) atoms. The lowest BCUT2D eigenvalue weighted by atomic mass is 10.2. The third-order valence-corrected chi connectivity index (χ3v) is 7.05. The Morgan fingerprint density at radius 2 is 1.45 bits per heavy atom. The number of methoxy groups -OCH3 is 1. The zero-order valence-corrected chi connectivity index (χ0v) is 16.6. The summed E-state index contributed by atoms with van der Waals surface area (Å²) in [7, 11) is -1.65. The molecule has 152 valence electrons. The highest BCUT2D eigenvalue weighted by Crippen LogP contribution is 2.60. The second-order valence-electron chi connectivity index (χ2n) is 6.54. The molecule has 0 atom stereocenters. The van der Waals surface area contributed by atoms with Crippen LogP contribution < -0.4 is 14.6 Å². The van der Waals surface area contributed by atoms with Crippen molar-refractivity contribution in [1.82, 2.24) is 9.34 Å². The number of benzene rings is 2. The van der Waals surface area contributed by atoms with Crippen molar-refractivity contribution in [2.45, 2.75) is 0 Å². The van der Waals surface area contributed by atoms with Gasteiger partial charge in [-0.25, -0.2) is 23.5 Å². The van der Waals surface area contributed by atoms with Gasteiger partial charge in [0.15, 0.2) is 0 Å². The third kappa shape index (κ3) is 4.59. The van der Waals surface area contributed by atoms with Gasteiger partial charge in [-0.15, -0.1) is 0 Å². The lowest BCUT2D eigenvalue weighted by Gasteiger charge is -2.20. The fraction of sp³-hybridized carbons (Fsp3) is 0.263.